The summed E-state index contributed by atoms with van der Waals surface area (Å²) in [7, 11) is 0. The number of nitrogens with two attached hydrogens (primary N) is 1. The Kier molecular flexibility index (Phi) is 2.93. The zero-order valence-corrected chi connectivity index (χ0v) is 11.8. The first-order valence-corrected chi connectivity index (χ1v) is 7.35. The van der Waals surface area contributed by atoms with Gasteiger partial charge in [-0.3, -0.25) is 0 Å². The molecule has 21 heavy (non-hydrogen) atoms. The maximum absolute atomic E-state index is 5.89. The molecular weight excluding hydrogens is 260 g/mol. The van der Waals surface area contributed by atoms with Crippen molar-refractivity contribution in [3.63, 3.8) is 0 Å². The van der Waals surface area contributed by atoms with Crippen LogP contribution in [0.25, 0.3) is 10.9 Å². The quantitative estimate of drug-likeness (QED) is 0.798. The highest BCUT2D eigenvalue weighted by atomic mass is 16.5. The number of benzene rings is 2. The van der Waals surface area contributed by atoms with Crippen molar-refractivity contribution in [3.05, 3.63) is 65.9 Å². The van der Waals surface area contributed by atoms with Crippen LogP contribution in [-0.2, 0) is 13.1 Å². The minimum atomic E-state index is 0.405. The molecule has 0 saturated heterocycles. The van der Waals surface area contributed by atoms with E-state index in [1.165, 1.54) is 22.0 Å². The third kappa shape index (κ3) is 2.01. The second-order valence-electron chi connectivity index (χ2n) is 5.57. The molecule has 3 heteroatoms. The lowest BCUT2D eigenvalue weighted by molar-refractivity contribution is 0.320. The van der Waals surface area contributed by atoms with E-state index in [4.69, 9.17) is 10.5 Å². The number of fused-ring (bicyclic) bond motifs is 2. The highest BCUT2D eigenvalue weighted by molar-refractivity contribution is 5.83. The lowest BCUT2D eigenvalue weighted by atomic mass is 10.0. The van der Waals surface area contributed by atoms with Gasteiger partial charge in [0.2, 0.25) is 0 Å². The fourth-order valence-corrected chi connectivity index (χ4v) is 3.28. The van der Waals surface area contributed by atoms with Crippen molar-refractivity contribution in [2.75, 3.05) is 6.61 Å². The summed E-state index contributed by atoms with van der Waals surface area (Å²) in [6.07, 6.45) is 2.16. The molecule has 2 N–H and O–H groups in total. The van der Waals surface area contributed by atoms with Gasteiger partial charge in [-0.1, -0.05) is 36.4 Å². The van der Waals surface area contributed by atoms with Gasteiger partial charge in [0.15, 0.2) is 0 Å². The molecule has 0 bridgehead atoms. The zero-order chi connectivity index (χ0) is 14.2. The van der Waals surface area contributed by atoms with Gasteiger partial charge in [-0.15, -0.1) is 0 Å². The van der Waals surface area contributed by atoms with Gasteiger partial charge in [0.25, 0.3) is 0 Å². The van der Waals surface area contributed by atoms with Gasteiger partial charge in [-0.2, -0.15) is 0 Å². The van der Waals surface area contributed by atoms with E-state index in [1.54, 1.807) is 0 Å². The van der Waals surface area contributed by atoms with Crippen LogP contribution in [0.15, 0.2) is 54.7 Å². The summed E-state index contributed by atoms with van der Waals surface area (Å²) in [5, 5.41) is 1.25. The molecule has 1 unspecified atom stereocenters. The summed E-state index contributed by atoms with van der Waals surface area (Å²) in [4.78, 5) is 0. The van der Waals surface area contributed by atoms with Crippen molar-refractivity contribution in [3.8, 4) is 5.75 Å². The Morgan fingerprint density at radius 3 is 2.90 bits per heavy atom. The third-order valence-electron chi connectivity index (χ3n) is 4.31. The second-order valence-corrected chi connectivity index (χ2v) is 5.57. The van der Waals surface area contributed by atoms with E-state index in [0.717, 1.165) is 18.9 Å². The van der Waals surface area contributed by atoms with Gasteiger partial charge in [-0.05, 0) is 23.1 Å². The monoisotopic (exact) mass is 278 g/mol. The van der Waals surface area contributed by atoms with Crippen LogP contribution in [0.2, 0.25) is 0 Å². The lowest BCUT2D eigenvalue weighted by Crippen LogP contribution is -2.11. The minimum Gasteiger partial charge on any atom is -0.493 e. The molecule has 1 aliphatic rings. The Morgan fingerprint density at radius 2 is 2.00 bits per heavy atom. The predicted octanol–water partition coefficient (Wildman–Crippen LogP) is 3.28. The van der Waals surface area contributed by atoms with Crippen molar-refractivity contribution < 1.29 is 4.74 Å². The Labute approximate surface area is 123 Å². The van der Waals surface area contributed by atoms with E-state index in [1.807, 2.05) is 6.07 Å². The Hall–Kier alpha value is -2.26. The van der Waals surface area contributed by atoms with Gasteiger partial charge >= 0.3 is 0 Å². The Balaban J connectivity index is 1.73. The van der Waals surface area contributed by atoms with Gasteiger partial charge in [0.1, 0.15) is 5.75 Å². The summed E-state index contributed by atoms with van der Waals surface area (Å²) < 4.78 is 8.10. The molecule has 3 aromatic rings. The normalized spacial score (nSPS) is 16.9. The van der Waals surface area contributed by atoms with Gasteiger partial charge in [0, 0.05) is 30.8 Å². The molecule has 0 fully saturated rings. The SMILES string of the molecule is NCc1cccc2ccn(CC3COc4ccccc43)c12. The summed E-state index contributed by atoms with van der Waals surface area (Å²) in [5.74, 6) is 1.43. The standard InChI is InChI=1S/C18H18N2O/c19-10-14-5-3-4-13-8-9-20(18(13)14)11-15-12-21-17-7-2-1-6-16(15)17/h1-9,15H,10-12,19H2. The zero-order valence-electron chi connectivity index (χ0n) is 11.8. The average Bonchev–Trinajstić information content (AvgIpc) is 3.13. The molecule has 3 nitrogen and oxygen atoms in total. The Morgan fingerprint density at radius 1 is 1.10 bits per heavy atom. The van der Waals surface area contributed by atoms with E-state index in [0.29, 0.717) is 12.5 Å². The molecule has 1 atom stereocenters. The molecule has 2 aromatic carbocycles. The van der Waals surface area contributed by atoms with Gasteiger partial charge < -0.3 is 15.0 Å². The van der Waals surface area contributed by atoms with E-state index in [2.05, 4.69) is 53.2 Å². The van der Waals surface area contributed by atoms with E-state index in [9.17, 15) is 0 Å². The van der Waals surface area contributed by atoms with E-state index in [-0.39, 0.29) is 0 Å². The number of hydrogen-bond donors (Lipinski definition) is 1. The smallest absolute Gasteiger partial charge is 0.122 e. The first-order chi connectivity index (χ1) is 10.4. The minimum absolute atomic E-state index is 0.405. The van der Waals surface area contributed by atoms with Crippen LogP contribution in [0.3, 0.4) is 0 Å². The molecule has 1 aromatic heterocycles. The molecule has 1 aliphatic heterocycles. The summed E-state index contributed by atoms with van der Waals surface area (Å²) in [5.41, 5.74) is 9.65. The van der Waals surface area contributed by atoms with Crippen LogP contribution in [0.4, 0.5) is 0 Å². The number of rotatable bonds is 3. The van der Waals surface area contributed by atoms with Gasteiger partial charge in [0.05, 0.1) is 12.1 Å². The highest BCUT2D eigenvalue weighted by Gasteiger charge is 2.24. The largest absolute Gasteiger partial charge is 0.493 e. The summed E-state index contributed by atoms with van der Waals surface area (Å²) in [6, 6.07) is 16.8. The first-order valence-electron chi connectivity index (χ1n) is 7.35. The highest BCUT2D eigenvalue weighted by Crippen LogP contribution is 2.35. The van der Waals surface area contributed by atoms with Crippen molar-refractivity contribution in [2.24, 2.45) is 5.73 Å². The van der Waals surface area contributed by atoms with Crippen molar-refractivity contribution in [1.82, 2.24) is 4.57 Å². The lowest BCUT2D eigenvalue weighted by Gasteiger charge is -2.13. The van der Waals surface area contributed by atoms with Crippen LogP contribution in [0.1, 0.15) is 17.0 Å². The number of hydrogen-bond acceptors (Lipinski definition) is 2. The third-order valence-corrected chi connectivity index (χ3v) is 4.31. The fraction of sp³-hybridized carbons (Fsp3) is 0.222. The van der Waals surface area contributed by atoms with Crippen molar-refractivity contribution >= 4 is 10.9 Å². The van der Waals surface area contributed by atoms with Crippen molar-refractivity contribution in [1.29, 1.82) is 0 Å². The topological polar surface area (TPSA) is 40.2 Å². The molecular formula is C18H18N2O. The first kappa shape index (κ1) is 12.5. The van der Waals surface area contributed by atoms with Crippen LogP contribution in [-0.4, -0.2) is 11.2 Å². The van der Waals surface area contributed by atoms with E-state index < -0.39 is 0 Å². The van der Waals surface area contributed by atoms with Crippen molar-refractivity contribution in [2.45, 2.75) is 19.0 Å². The Bertz CT molecular complexity index is 791. The van der Waals surface area contributed by atoms with Crippen LogP contribution in [0.5, 0.6) is 5.75 Å². The summed E-state index contributed by atoms with van der Waals surface area (Å²) in [6.45, 7) is 2.25. The second kappa shape index (κ2) is 4.93. The maximum Gasteiger partial charge on any atom is 0.122 e. The number of aromatic nitrogens is 1. The van der Waals surface area contributed by atoms with Crippen LogP contribution >= 0.6 is 0 Å². The molecule has 0 aliphatic carbocycles. The molecule has 2 heterocycles. The number of nitrogens with zero attached hydrogens (tertiary/aromatic N) is 1. The fourth-order valence-electron chi connectivity index (χ4n) is 3.28. The molecule has 0 amide bonds. The van der Waals surface area contributed by atoms with E-state index >= 15 is 0 Å². The van der Waals surface area contributed by atoms with Gasteiger partial charge in [-0.25, -0.2) is 0 Å². The summed E-state index contributed by atoms with van der Waals surface area (Å²) >= 11 is 0. The molecule has 4 rings (SSSR count). The number of ether oxygens (including phenoxy) is 1. The molecule has 0 radical (unpaired) electrons. The maximum atomic E-state index is 5.89. The average molecular weight is 278 g/mol. The van der Waals surface area contributed by atoms with Crippen LogP contribution in [0, 0.1) is 0 Å². The molecule has 106 valence electrons. The predicted molar refractivity (Wildman–Crippen MR) is 84.5 cm³/mol. The molecule has 0 saturated carbocycles. The van der Waals surface area contributed by atoms with Crippen LogP contribution < -0.4 is 10.5 Å². The number of para-hydroxylation sites is 2. The molecule has 0 spiro atoms.